The predicted molar refractivity (Wildman–Crippen MR) is 114 cm³/mol. The first-order valence-corrected chi connectivity index (χ1v) is 10.2. The first kappa shape index (κ1) is 20.0. The van der Waals surface area contributed by atoms with E-state index in [1.165, 1.54) is 12.1 Å². The molecule has 2 heterocycles. The van der Waals surface area contributed by atoms with Gasteiger partial charge in [-0.25, -0.2) is 9.37 Å². The van der Waals surface area contributed by atoms with Gasteiger partial charge < -0.3 is 9.80 Å². The van der Waals surface area contributed by atoms with Crippen LogP contribution in [0.5, 0.6) is 0 Å². The Balaban J connectivity index is 1.65. The van der Waals surface area contributed by atoms with Crippen molar-refractivity contribution in [1.29, 1.82) is 0 Å². The van der Waals surface area contributed by atoms with Crippen LogP contribution in [0.4, 0.5) is 4.39 Å². The molecule has 0 unspecified atom stereocenters. The van der Waals surface area contributed by atoms with Gasteiger partial charge in [0.1, 0.15) is 5.82 Å². The van der Waals surface area contributed by atoms with Crippen molar-refractivity contribution >= 4 is 22.7 Å². The number of nitrogens with zero attached hydrogens (tertiary/aromatic N) is 3. The summed E-state index contributed by atoms with van der Waals surface area (Å²) < 4.78 is 13.3. The molecule has 0 radical (unpaired) electrons. The summed E-state index contributed by atoms with van der Waals surface area (Å²) in [6.45, 7) is 5.85. The lowest BCUT2D eigenvalue weighted by Gasteiger charge is -2.35. The van der Waals surface area contributed by atoms with Crippen molar-refractivity contribution in [1.82, 2.24) is 14.8 Å². The first-order valence-electron chi connectivity index (χ1n) is 10.2. The fourth-order valence-corrected chi connectivity index (χ4v) is 3.79. The Hall–Kier alpha value is -3.28. The van der Waals surface area contributed by atoms with Gasteiger partial charge in [-0.2, -0.15) is 0 Å². The molecule has 1 aliphatic rings. The highest BCUT2D eigenvalue weighted by molar-refractivity contribution is 6.07. The number of hydrogen-bond acceptors (Lipinski definition) is 3. The van der Waals surface area contributed by atoms with E-state index < -0.39 is 0 Å². The lowest BCUT2D eigenvalue weighted by atomic mass is 10.0. The summed E-state index contributed by atoms with van der Waals surface area (Å²) in [6.07, 6.45) is 0. The fourth-order valence-electron chi connectivity index (χ4n) is 3.79. The summed E-state index contributed by atoms with van der Waals surface area (Å²) >= 11 is 0. The second-order valence-corrected chi connectivity index (χ2v) is 7.85. The molecular formula is C24H24FN3O2. The molecule has 0 aliphatic carbocycles. The number of para-hydroxylation sites is 1. The van der Waals surface area contributed by atoms with Crippen LogP contribution in [0.25, 0.3) is 22.2 Å². The van der Waals surface area contributed by atoms with Crippen LogP contribution in [-0.4, -0.2) is 52.8 Å². The Labute approximate surface area is 175 Å². The summed E-state index contributed by atoms with van der Waals surface area (Å²) in [5, 5.41) is 0.786. The van der Waals surface area contributed by atoms with Crippen LogP contribution in [0.1, 0.15) is 24.2 Å². The van der Waals surface area contributed by atoms with Crippen LogP contribution in [0.2, 0.25) is 0 Å². The lowest BCUT2D eigenvalue weighted by molar-refractivity contribution is -0.135. The molecule has 2 aromatic carbocycles. The van der Waals surface area contributed by atoms with Crippen LogP contribution in [0, 0.1) is 11.7 Å². The standard InChI is InChI=1S/C24H24FN3O2/c1-16(2)23(29)27-11-13-28(14-12-27)24(30)20-15-22(17-7-9-18(25)10-8-17)26-21-6-4-3-5-19(20)21/h3-10,15-16H,11-14H2,1-2H3. The molecule has 2 amide bonds. The maximum absolute atomic E-state index is 13.4. The molecule has 3 aromatic rings. The molecule has 1 aliphatic heterocycles. The van der Waals surface area contributed by atoms with Crippen LogP contribution in [-0.2, 0) is 4.79 Å². The topological polar surface area (TPSA) is 53.5 Å². The lowest BCUT2D eigenvalue weighted by Crippen LogP contribution is -2.51. The van der Waals surface area contributed by atoms with Gasteiger partial charge in [-0.05, 0) is 36.4 Å². The van der Waals surface area contributed by atoms with Crippen molar-refractivity contribution in [2.45, 2.75) is 13.8 Å². The average molecular weight is 405 g/mol. The maximum atomic E-state index is 13.4. The number of halogens is 1. The Morgan fingerprint density at radius 1 is 0.933 bits per heavy atom. The maximum Gasteiger partial charge on any atom is 0.254 e. The van der Waals surface area contributed by atoms with Gasteiger partial charge in [-0.15, -0.1) is 0 Å². The monoisotopic (exact) mass is 405 g/mol. The van der Waals surface area contributed by atoms with Crippen molar-refractivity contribution in [2.24, 2.45) is 5.92 Å². The van der Waals surface area contributed by atoms with Gasteiger partial charge in [0.2, 0.25) is 5.91 Å². The number of amides is 2. The minimum absolute atomic E-state index is 0.0466. The van der Waals surface area contributed by atoms with Gasteiger partial charge in [-0.1, -0.05) is 32.0 Å². The van der Waals surface area contributed by atoms with Crippen molar-refractivity contribution < 1.29 is 14.0 Å². The first-order chi connectivity index (χ1) is 14.4. The normalized spacial score (nSPS) is 14.4. The molecular weight excluding hydrogens is 381 g/mol. The van der Waals surface area contributed by atoms with Crippen LogP contribution < -0.4 is 0 Å². The second kappa shape index (κ2) is 8.22. The van der Waals surface area contributed by atoms with Gasteiger partial charge in [0.15, 0.2) is 0 Å². The summed E-state index contributed by atoms with van der Waals surface area (Å²) in [5.74, 6) is -0.317. The van der Waals surface area contributed by atoms with E-state index in [-0.39, 0.29) is 23.5 Å². The Morgan fingerprint density at radius 3 is 2.23 bits per heavy atom. The number of pyridine rings is 1. The van der Waals surface area contributed by atoms with Gasteiger partial charge >= 0.3 is 0 Å². The smallest absolute Gasteiger partial charge is 0.254 e. The van der Waals surface area contributed by atoms with Crippen molar-refractivity contribution in [3.63, 3.8) is 0 Å². The van der Waals surface area contributed by atoms with E-state index >= 15 is 0 Å². The zero-order valence-corrected chi connectivity index (χ0v) is 17.1. The third-order valence-electron chi connectivity index (χ3n) is 5.46. The molecule has 6 heteroatoms. The molecule has 1 fully saturated rings. The summed E-state index contributed by atoms with van der Waals surface area (Å²) in [5.41, 5.74) is 2.68. The molecule has 0 saturated carbocycles. The number of benzene rings is 2. The van der Waals surface area contributed by atoms with Crippen LogP contribution in [0.3, 0.4) is 0 Å². The molecule has 5 nitrogen and oxygen atoms in total. The molecule has 154 valence electrons. The zero-order valence-electron chi connectivity index (χ0n) is 17.1. The predicted octanol–water partition coefficient (Wildman–Crippen LogP) is 3.98. The number of rotatable bonds is 3. The van der Waals surface area contributed by atoms with Crippen molar-refractivity contribution in [3.05, 3.63) is 66.0 Å². The SMILES string of the molecule is CC(C)C(=O)N1CCN(C(=O)c2cc(-c3ccc(F)cc3)nc3ccccc23)CC1. The third kappa shape index (κ3) is 3.90. The quantitative estimate of drug-likeness (QED) is 0.662. The molecule has 0 N–H and O–H groups in total. The molecule has 0 spiro atoms. The zero-order chi connectivity index (χ0) is 21.3. The molecule has 1 aromatic heterocycles. The Morgan fingerprint density at radius 2 is 1.57 bits per heavy atom. The van der Waals surface area contributed by atoms with Gasteiger partial charge in [0, 0.05) is 43.0 Å². The van der Waals surface area contributed by atoms with E-state index in [4.69, 9.17) is 0 Å². The molecule has 0 atom stereocenters. The number of aromatic nitrogens is 1. The Bertz CT molecular complexity index is 1090. The van der Waals surface area contributed by atoms with Crippen molar-refractivity contribution in [3.8, 4) is 11.3 Å². The minimum atomic E-state index is -0.315. The number of carbonyl (C=O) groups excluding carboxylic acids is 2. The number of fused-ring (bicyclic) bond motifs is 1. The third-order valence-corrected chi connectivity index (χ3v) is 5.46. The van der Waals surface area contributed by atoms with Crippen LogP contribution >= 0.6 is 0 Å². The average Bonchev–Trinajstić information content (AvgIpc) is 2.78. The Kier molecular flexibility index (Phi) is 5.48. The molecule has 0 bridgehead atoms. The van der Waals surface area contributed by atoms with Crippen molar-refractivity contribution in [2.75, 3.05) is 26.2 Å². The summed E-state index contributed by atoms with van der Waals surface area (Å²) in [6, 6.07) is 15.4. The van der Waals surface area contributed by atoms with E-state index in [1.807, 2.05) is 43.0 Å². The minimum Gasteiger partial charge on any atom is -0.339 e. The highest BCUT2D eigenvalue weighted by atomic mass is 19.1. The summed E-state index contributed by atoms with van der Waals surface area (Å²) in [7, 11) is 0. The molecule has 1 saturated heterocycles. The van der Waals surface area contributed by atoms with E-state index in [0.717, 1.165) is 16.5 Å². The number of hydrogen-bond donors (Lipinski definition) is 0. The molecule has 30 heavy (non-hydrogen) atoms. The fraction of sp³-hybridized carbons (Fsp3) is 0.292. The second-order valence-electron chi connectivity index (χ2n) is 7.85. The van der Waals surface area contributed by atoms with Gasteiger partial charge in [0.25, 0.3) is 5.91 Å². The van der Waals surface area contributed by atoms with E-state index in [0.29, 0.717) is 37.4 Å². The largest absolute Gasteiger partial charge is 0.339 e. The van der Waals surface area contributed by atoms with E-state index in [1.54, 1.807) is 23.1 Å². The van der Waals surface area contributed by atoms with Gasteiger partial charge in [-0.3, -0.25) is 9.59 Å². The van der Waals surface area contributed by atoms with Gasteiger partial charge in [0.05, 0.1) is 16.8 Å². The highest BCUT2D eigenvalue weighted by Gasteiger charge is 2.27. The van der Waals surface area contributed by atoms with Crippen LogP contribution in [0.15, 0.2) is 54.6 Å². The molecule has 4 rings (SSSR count). The number of carbonyl (C=O) groups is 2. The number of piperazine rings is 1. The highest BCUT2D eigenvalue weighted by Crippen LogP contribution is 2.26. The van der Waals surface area contributed by atoms with E-state index in [2.05, 4.69) is 4.98 Å². The summed E-state index contributed by atoms with van der Waals surface area (Å²) in [4.78, 5) is 33.9. The van der Waals surface area contributed by atoms with E-state index in [9.17, 15) is 14.0 Å².